The highest BCUT2D eigenvalue weighted by Crippen LogP contribution is 2.32. The maximum absolute atomic E-state index is 9.69. The van der Waals surface area contributed by atoms with Crippen molar-refractivity contribution in [2.24, 2.45) is 0 Å². The number of hydrogen-bond donors (Lipinski definition) is 0. The first-order valence-corrected chi connectivity index (χ1v) is 9.50. The van der Waals surface area contributed by atoms with Gasteiger partial charge in [-0.25, -0.2) is 4.98 Å². The van der Waals surface area contributed by atoms with Gasteiger partial charge >= 0.3 is 0 Å². The second-order valence-electron chi connectivity index (χ2n) is 6.20. The van der Waals surface area contributed by atoms with Crippen LogP contribution in [0.3, 0.4) is 0 Å². The molecule has 0 saturated heterocycles. The van der Waals surface area contributed by atoms with Gasteiger partial charge in [-0.05, 0) is 44.0 Å². The van der Waals surface area contributed by atoms with E-state index < -0.39 is 0 Å². The molecule has 6 heteroatoms. The molecule has 0 amide bonds. The number of nitriles is 1. The lowest BCUT2D eigenvalue weighted by atomic mass is 10.1. The number of pyridine rings is 1. The van der Waals surface area contributed by atoms with Gasteiger partial charge in [0.1, 0.15) is 11.8 Å². The number of aromatic nitrogens is 3. The summed E-state index contributed by atoms with van der Waals surface area (Å²) in [5.41, 5.74) is 6.37. The van der Waals surface area contributed by atoms with Crippen LogP contribution in [-0.4, -0.2) is 14.5 Å². The largest absolute Gasteiger partial charge is 0.361 e. The molecule has 0 saturated carbocycles. The van der Waals surface area contributed by atoms with E-state index in [-0.39, 0.29) is 0 Å². The zero-order valence-corrected chi connectivity index (χ0v) is 15.7. The lowest BCUT2D eigenvalue weighted by Gasteiger charge is -2.11. The number of rotatable bonds is 4. The second kappa shape index (κ2) is 6.50. The van der Waals surface area contributed by atoms with Crippen LogP contribution in [0.2, 0.25) is 0 Å². The average molecular weight is 362 g/mol. The number of nitrogens with zero attached hydrogens (tertiary/aromatic N) is 4. The van der Waals surface area contributed by atoms with Crippen molar-refractivity contribution < 1.29 is 4.52 Å². The van der Waals surface area contributed by atoms with Crippen molar-refractivity contribution in [2.75, 3.05) is 0 Å². The first kappa shape index (κ1) is 16.7. The smallest absolute Gasteiger partial charge is 0.157 e. The third kappa shape index (κ3) is 2.56. The first-order chi connectivity index (χ1) is 12.6. The monoisotopic (exact) mass is 362 g/mol. The predicted molar refractivity (Wildman–Crippen MR) is 102 cm³/mol. The maximum atomic E-state index is 9.69. The molecule has 1 aromatic carbocycles. The summed E-state index contributed by atoms with van der Waals surface area (Å²) < 4.78 is 7.38. The van der Waals surface area contributed by atoms with Gasteiger partial charge in [0, 0.05) is 11.3 Å². The molecule has 5 nitrogen and oxygen atoms in total. The van der Waals surface area contributed by atoms with Crippen molar-refractivity contribution in [1.82, 2.24) is 14.5 Å². The second-order valence-corrected chi connectivity index (χ2v) is 7.19. The summed E-state index contributed by atoms with van der Waals surface area (Å²) in [6, 6.07) is 12.5. The summed E-state index contributed by atoms with van der Waals surface area (Å²) in [6.07, 6.45) is 0.793. The van der Waals surface area contributed by atoms with Crippen LogP contribution in [0.25, 0.3) is 16.7 Å². The van der Waals surface area contributed by atoms with Crippen molar-refractivity contribution in [3.8, 4) is 6.07 Å². The molecule has 0 atom stereocenters. The molecule has 3 heterocycles. The molecule has 4 rings (SSSR count). The zero-order valence-electron chi connectivity index (χ0n) is 14.9. The Morgan fingerprint density at radius 2 is 2.08 bits per heavy atom. The van der Waals surface area contributed by atoms with Crippen LogP contribution >= 0.6 is 11.8 Å². The third-order valence-electron chi connectivity index (χ3n) is 4.66. The highest BCUT2D eigenvalue weighted by atomic mass is 32.2. The molecule has 3 aromatic heterocycles. The molecule has 0 aliphatic heterocycles. The predicted octanol–water partition coefficient (Wildman–Crippen LogP) is 4.82. The van der Waals surface area contributed by atoms with Crippen molar-refractivity contribution in [3.05, 3.63) is 58.5 Å². The van der Waals surface area contributed by atoms with Crippen LogP contribution in [0.5, 0.6) is 0 Å². The molecule has 130 valence electrons. The Morgan fingerprint density at radius 1 is 1.27 bits per heavy atom. The minimum atomic E-state index is 0.658. The lowest BCUT2D eigenvalue weighted by molar-refractivity contribution is 0.392. The molecule has 0 unspecified atom stereocenters. The van der Waals surface area contributed by atoms with E-state index in [0.717, 1.165) is 56.5 Å². The lowest BCUT2D eigenvalue weighted by Crippen LogP contribution is -1.99. The Labute approximate surface area is 155 Å². The Morgan fingerprint density at radius 3 is 2.77 bits per heavy atom. The number of imidazole rings is 1. The standard InChI is InChI=1S/C20H18N4OS/c1-4-14-9-19(26-11-16-12(2)23-25-13(16)3)24-18-8-6-5-7-17(18)22-20(24)15(14)10-21/h5-9H,4,11H2,1-3H3. The molecular weight excluding hydrogens is 344 g/mol. The Balaban J connectivity index is 1.92. The summed E-state index contributed by atoms with van der Waals surface area (Å²) in [7, 11) is 0. The molecule has 0 radical (unpaired) electrons. The van der Waals surface area contributed by atoms with Crippen molar-refractivity contribution in [3.63, 3.8) is 0 Å². The van der Waals surface area contributed by atoms with Gasteiger partial charge in [-0.15, -0.1) is 11.8 Å². The van der Waals surface area contributed by atoms with Crippen LogP contribution < -0.4 is 0 Å². The first-order valence-electron chi connectivity index (χ1n) is 8.51. The van der Waals surface area contributed by atoms with Gasteiger partial charge in [0.2, 0.25) is 0 Å². The van der Waals surface area contributed by atoms with Gasteiger partial charge in [-0.1, -0.05) is 24.2 Å². The molecule has 0 aliphatic rings. The Kier molecular flexibility index (Phi) is 4.17. The minimum absolute atomic E-state index is 0.658. The minimum Gasteiger partial charge on any atom is -0.361 e. The third-order valence-corrected chi connectivity index (χ3v) is 5.69. The number of hydrogen-bond acceptors (Lipinski definition) is 5. The maximum Gasteiger partial charge on any atom is 0.157 e. The van der Waals surface area contributed by atoms with Crippen LogP contribution in [0.15, 0.2) is 39.9 Å². The van der Waals surface area contributed by atoms with Crippen molar-refractivity contribution in [1.29, 1.82) is 5.26 Å². The number of thioether (sulfide) groups is 1. The van der Waals surface area contributed by atoms with E-state index in [1.807, 2.05) is 38.1 Å². The van der Waals surface area contributed by atoms with E-state index in [9.17, 15) is 5.26 Å². The fourth-order valence-electron chi connectivity index (χ4n) is 3.21. The van der Waals surface area contributed by atoms with Crippen LogP contribution in [0.4, 0.5) is 0 Å². The van der Waals surface area contributed by atoms with Gasteiger partial charge in [-0.3, -0.25) is 4.40 Å². The zero-order chi connectivity index (χ0) is 18.3. The van der Waals surface area contributed by atoms with Gasteiger partial charge in [0.25, 0.3) is 0 Å². The molecular formula is C20H18N4OS. The summed E-state index contributed by atoms with van der Waals surface area (Å²) in [5, 5.41) is 14.8. The highest BCUT2D eigenvalue weighted by molar-refractivity contribution is 7.98. The fraction of sp³-hybridized carbons (Fsp3) is 0.250. The van der Waals surface area contributed by atoms with Crippen molar-refractivity contribution in [2.45, 2.75) is 38.0 Å². The number of benzene rings is 1. The summed E-state index contributed by atoms with van der Waals surface area (Å²) in [5.74, 6) is 1.61. The van der Waals surface area contributed by atoms with E-state index in [1.165, 1.54) is 0 Å². The van der Waals surface area contributed by atoms with E-state index in [2.05, 4.69) is 28.6 Å². The van der Waals surface area contributed by atoms with Crippen LogP contribution in [-0.2, 0) is 12.2 Å². The van der Waals surface area contributed by atoms with Gasteiger partial charge in [-0.2, -0.15) is 5.26 Å². The molecule has 0 N–H and O–H groups in total. The number of aryl methyl sites for hydroxylation is 3. The van der Waals surface area contributed by atoms with Gasteiger partial charge in [0.15, 0.2) is 5.65 Å². The van der Waals surface area contributed by atoms with E-state index in [4.69, 9.17) is 9.51 Å². The summed E-state index contributed by atoms with van der Waals surface area (Å²) in [4.78, 5) is 4.73. The summed E-state index contributed by atoms with van der Waals surface area (Å²) >= 11 is 1.72. The molecule has 0 aliphatic carbocycles. The highest BCUT2D eigenvalue weighted by Gasteiger charge is 2.17. The summed E-state index contributed by atoms with van der Waals surface area (Å²) in [6.45, 7) is 5.97. The number of para-hydroxylation sites is 2. The van der Waals surface area contributed by atoms with Gasteiger partial charge in [0.05, 0.1) is 27.3 Å². The van der Waals surface area contributed by atoms with Crippen LogP contribution in [0, 0.1) is 25.2 Å². The quantitative estimate of drug-likeness (QED) is 0.487. The molecule has 0 bridgehead atoms. The van der Waals surface area contributed by atoms with Crippen LogP contribution in [0.1, 0.15) is 35.1 Å². The normalized spacial score (nSPS) is 11.3. The van der Waals surface area contributed by atoms with E-state index in [1.54, 1.807) is 11.8 Å². The molecule has 4 aromatic rings. The fourth-order valence-corrected chi connectivity index (χ4v) is 4.45. The van der Waals surface area contributed by atoms with E-state index in [0.29, 0.717) is 5.56 Å². The molecule has 26 heavy (non-hydrogen) atoms. The Bertz CT molecular complexity index is 1150. The topological polar surface area (TPSA) is 67.1 Å². The number of fused-ring (bicyclic) bond motifs is 3. The van der Waals surface area contributed by atoms with Gasteiger partial charge < -0.3 is 4.52 Å². The molecule has 0 spiro atoms. The average Bonchev–Trinajstić information content (AvgIpc) is 3.19. The molecule has 0 fully saturated rings. The Hall–Kier alpha value is -2.78. The van der Waals surface area contributed by atoms with E-state index >= 15 is 0 Å². The SMILES string of the molecule is CCc1cc(SCc2c(C)noc2C)n2c(nc3ccccc32)c1C#N. The van der Waals surface area contributed by atoms with Crippen molar-refractivity contribution >= 4 is 28.4 Å².